The summed E-state index contributed by atoms with van der Waals surface area (Å²) in [6, 6.07) is 15.0. The molecule has 2 amide bonds. The smallest absolute Gasteiger partial charge is 0.237 e. The molecule has 0 spiro atoms. The minimum atomic E-state index is -0.121. The molecular formula is C21H21NO3. The number of nitrogens with zero attached hydrogens (tertiary/aromatic N) is 1. The standard InChI is InChI=1S/C21H21NO3/c1-14-5-4-6-17(13-14)25-16-11-9-15(10-12-16)22-20(23)18-7-2-3-8-19(18)21(22)24/h4-6,9-13,18-19H,2-3,7-8H2,1H3/t18-,19-/m0/s1. The number of hydrogen-bond donors (Lipinski definition) is 0. The van der Waals surface area contributed by atoms with Crippen molar-refractivity contribution < 1.29 is 14.3 Å². The van der Waals surface area contributed by atoms with Gasteiger partial charge in [0.1, 0.15) is 11.5 Å². The Morgan fingerprint density at radius 3 is 2.12 bits per heavy atom. The molecule has 1 aliphatic carbocycles. The summed E-state index contributed by atoms with van der Waals surface area (Å²) in [5.74, 6) is 1.14. The number of amides is 2. The summed E-state index contributed by atoms with van der Waals surface area (Å²) >= 11 is 0. The van der Waals surface area contributed by atoms with Crippen molar-refractivity contribution in [3.63, 3.8) is 0 Å². The lowest BCUT2D eigenvalue weighted by molar-refractivity contribution is -0.122. The highest BCUT2D eigenvalue weighted by Crippen LogP contribution is 2.40. The van der Waals surface area contributed by atoms with Crippen molar-refractivity contribution in [3.05, 3.63) is 54.1 Å². The molecule has 0 aromatic heterocycles. The molecular weight excluding hydrogens is 314 g/mol. The molecule has 2 fully saturated rings. The van der Waals surface area contributed by atoms with Crippen LogP contribution in [0, 0.1) is 18.8 Å². The minimum absolute atomic E-state index is 0.0398. The molecule has 2 aromatic rings. The number of aryl methyl sites for hydroxylation is 1. The maximum Gasteiger partial charge on any atom is 0.237 e. The molecule has 1 saturated carbocycles. The van der Waals surface area contributed by atoms with E-state index in [4.69, 9.17) is 4.74 Å². The lowest BCUT2D eigenvalue weighted by Crippen LogP contribution is -2.30. The second-order valence-electron chi connectivity index (χ2n) is 6.92. The topological polar surface area (TPSA) is 46.6 Å². The molecule has 1 heterocycles. The minimum Gasteiger partial charge on any atom is -0.457 e. The summed E-state index contributed by atoms with van der Waals surface area (Å²) in [4.78, 5) is 26.6. The van der Waals surface area contributed by atoms with Crippen LogP contribution in [0.25, 0.3) is 0 Å². The molecule has 4 heteroatoms. The Balaban J connectivity index is 1.54. The molecule has 4 rings (SSSR count). The third kappa shape index (κ3) is 2.93. The lowest BCUT2D eigenvalue weighted by atomic mass is 9.81. The quantitative estimate of drug-likeness (QED) is 0.778. The normalized spacial score (nSPS) is 22.8. The zero-order valence-electron chi connectivity index (χ0n) is 14.3. The number of rotatable bonds is 3. The summed E-state index contributed by atoms with van der Waals surface area (Å²) in [6.45, 7) is 2.01. The van der Waals surface area contributed by atoms with Gasteiger partial charge >= 0.3 is 0 Å². The van der Waals surface area contributed by atoms with E-state index in [9.17, 15) is 9.59 Å². The molecule has 1 saturated heterocycles. The van der Waals surface area contributed by atoms with Gasteiger partial charge in [0.15, 0.2) is 0 Å². The highest BCUT2D eigenvalue weighted by molar-refractivity contribution is 6.22. The van der Waals surface area contributed by atoms with E-state index in [1.807, 2.05) is 31.2 Å². The molecule has 2 aliphatic rings. The van der Waals surface area contributed by atoms with E-state index in [1.165, 1.54) is 4.90 Å². The van der Waals surface area contributed by atoms with Gasteiger partial charge in [-0.3, -0.25) is 14.5 Å². The van der Waals surface area contributed by atoms with Crippen LogP contribution in [0.15, 0.2) is 48.5 Å². The molecule has 1 aliphatic heterocycles. The van der Waals surface area contributed by atoms with E-state index in [0.29, 0.717) is 11.4 Å². The fraction of sp³-hybridized carbons (Fsp3) is 0.333. The Morgan fingerprint density at radius 1 is 0.880 bits per heavy atom. The summed E-state index contributed by atoms with van der Waals surface area (Å²) in [6.07, 6.45) is 3.75. The molecule has 128 valence electrons. The van der Waals surface area contributed by atoms with Gasteiger partial charge in [-0.2, -0.15) is 0 Å². The average Bonchev–Trinajstić information content (AvgIpc) is 2.87. The van der Waals surface area contributed by atoms with Crippen molar-refractivity contribution in [2.24, 2.45) is 11.8 Å². The SMILES string of the molecule is Cc1cccc(Oc2ccc(N3C(=O)[C@H]4CCCC[C@@H]4C3=O)cc2)c1. The van der Waals surface area contributed by atoms with Crippen LogP contribution in [-0.4, -0.2) is 11.8 Å². The fourth-order valence-corrected chi connectivity index (χ4v) is 3.89. The third-order valence-corrected chi connectivity index (χ3v) is 5.16. The Labute approximate surface area is 147 Å². The van der Waals surface area contributed by atoms with Crippen molar-refractivity contribution in [1.29, 1.82) is 0 Å². The van der Waals surface area contributed by atoms with E-state index >= 15 is 0 Å². The Bertz CT molecular complexity index is 788. The van der Waals surface area contributed by atoms with Crippen LogP contribution < -0.4 is 9.64 Å². The van der Waals surface area contributed by atoms with Crippen LogP contribution in [0.4, 0.5) is 5.69 Å². The second kappa shape index (κ2) is 6.36. The molecule has 2 atom stereocenters. The number of carbonyl (C=O) groups is 2. The average molecular weight is 335 g/mol. The fourth-order valence-electron chi connectivity index (χ4n) is 3.89. The number of carbonyl (C=O) groups excluding carboxylic acids is 2. The maximum atomic E-state index is 12.6. The van der Waals surface area contributed by atoms with Crippen LogP contribution in [0.1, 0.15) is 31.2 Å². The molecule has 0 bridgehead atoms. The second-order valence-corrected chi connectivity index (χ2v) is 6.92. The van der Waals surface area contributed by atoms with Gasteiger partial charge in [-0.25, -0.2) is 0 Å². The van der Waals surface area contributed by atoms with E-state index in [2.05, 4.69) is 0 Å². The van der Waals surface area contributed by atoms with E-state index in [0.717, 1.165) is 37.0 Å². The van der Waals surface area contributed by atoms with Gasteiger partial charge in [-0.05, 0) is 61.7 Å². The van der Waals surface area contributed by atoms with Crippen LogP contribution >= 0.6 is 0 Å². The Hall–Kier alpha value is -2.62. The van der Waals surface area contributed by atoms with Gasteiger partial charge < -0.3 is 4.74 Å². The van der Waals surface area contributed by atoms with E-state index < -0.39 is 0 Å². The van der Waals surface area contributed by atoms with E-state index in [1.54, 1.807) is 24.3 Å². The predicted octanol–water partition coefficient (Wildman–Crippen LogP) is 4.47. The van der Waals surface area contributed by atoms with Crippen LogP contribution in [0.5, 0.6) is 11.5 Å². The summed E-state index contributed by atoms with van der Waals surface area (Å²) in [5.41, 5.74) is 1.77. The van der Waals surface area contributed by atoms with Crippen molar-refractivity contribution in [2.75, 3.05) is 4.90 Å². The number of ether oxygens (including phenoxy) is 1. The number of fused-ring (bicyclic) bond motifs is 1. The largest absolute Gasteiger partial charge is 0.457 e. The monoisotopic (exact) mass is 335 g/mol. The van der Waals surface area contributed by atoms with Crippen molar-refractivity contribution in [3.8, 4) is 11.5 Å². The molecule has 0 N–H and O–H groups in total. The van der Waals surface area contributed by atoms with Crippen LogP contribution in [0.3, 0.4) is 0 Å². The molecule has 25 heavy (non-hydrogen) atoms. The number of hydrogen-bond acceptors (Lipinski definition) is 3. The van der Waals surface area contributed by atoms with E-state index in [-0.39, 0.29) is 23.7 Å². The first-order chi connectivity index (χ1) is 12.1. The van der Waals surface area contributed by atoms with Gasteiger partial charge in [0, 0.05) is 0 Å². The van der Waals surface area contributed by atoms with Gasteiger partial charge in [0.2, 0.25) is 11.8 Å². The number of imide groups is 1. The van der Waals surface area contributed by atoms with Gasteiger partial charge in [0.05, 0.1) is 17.5 Å². The molecule has 4 nitrogen and oxygen atoms in total. The highest BCUT2D eigenvalue weighted by Gasteiger charge is 2.48. The first kappa shape index (κ1) is 15.9. The zero-order chi connectivity index (χ0) is 17.4. The molecule has 2 aromatic carbocycles. The van der Waals surface area contributed by atoms with Gasteiger partial charge in [0.25, 0.3) is 0 Å². The molecule has 0 radical (unpaired) electrons. The maximum absolute atomic E-state index is 12.6. The zero-order valence-corrected chi connectivity index (χ0v) is 14.3. The van der Waals surface area contributed by atoms with Gasteiger partial charge in [-0.1, -0.05) is 25.0 Å². The number of benzene rings is 2. The Morgan fingerprint density at radius 2 is 1.52 bits per heavy atom. The lowest BCUT2D eigenvalue weighted by Gasteiger charge is -2.19. The van der Waals surface area contributed by atoms with Crippen molar-refractivity contribution >= 4 is 17.5 Å². The third-order valence-electron chi connectivity index (χ3n) is 5.16. The summed E-state index contributed by atoms with van der Waals surface area (Å²) in [5, 5.41) is 0. The van der Waals surface area contributed by atoms with Crippen LogP contribution in [0.2, 0.25) is 0 Å². The number of anilines is 1. The highest BCUT2D eigenvalue weighted by atomic mass is 16.5. The summed E-state index contributed by atoms with van der Waals surface area (Å²) in [7, 11) is 0. The van der Waals surface area contributed by atoms with Crippen molar-refractivity contribution in [1.82, 2.24) is 0 Å². The first-order valence-corrected chi connectivity index (χ1v) is 8.86. The predicted molar refractivity (Wildman–Crippen MR) is 95.6 cm³/mol. The van der Waals surface area contributed by atoms with Crippen LogP contribution in [-0.2, 0) is 9.59 Å². The Kier molecular flexibility index (Phi) is 4.04. The van der Waals surface area contributed by atoms with Crippen molar-refractivity contribution in [2.45, 2.75) is 32.6 Å². The first-order valence-electron chi connectivity index (χ1n) is 8.86. The van der Waals surface area contributed by atoms with Gasteiger partial charge in [-0.15, -0.1) is 0 Å². The molecule has 0 unspecified atom stereocenters. The summed E-state index contributed by atoms with van der Waals surface area (Å²) < 4.78 is 5.84.